The van der Waals surface area contributed by atoms with Crippen LogP contribution in [0.2, 0.25) is 0 Å². The average molecular weight is 340 g/mol. The fourth-order valence-corrected chi connectivity index (χ4v) is 2.91. The second-order valence-corrected chi connectivity index (χ2v) is 6.06. The molecule has 0 saturated carbocycles. The summed E-state index contributed by atoms with van der Waals surface area (Å²) < 4.78 is 11.0. The van der Waals surface area contributed by atoms with Crippen LogP contribution in [-0.4, -0.2) is 57.9 Å². The predicted molar refractivity (Wildman–Crippen MR) is 84.9 cm³/mol. The lowest BCUT2D eigenvalue weighted by molar-refractivity contribution is -0.219. The van der Waals surface area contributed by atoms with E-state index in [1.165, 1.54) is 7.11 Å². The van der Waals surface area contributed by atoms with Gasteiger partial charge in [-0.3, -0.25) is 4.79 Å². The molecule has 0 radical (unpaired) electrons. The molecule has 5 unspecified atom stereocenters. The minimum Gasteiger partial charge on any atom is -0.496 e. The number of carboxylic acid groups (broad SMARTS) is 1. The molecule has 7 heteroatoms. The van der Waals surface area contributed by atoms with Gasteiger partial charge in [-0.05, 0) is 37.5 Å². The van der Waals surface area contributed by atoms with Crippen LogP contribution < -0.4 is 4.74 Å². The maximum Gasteiger partial charge on any atom is 0.303 e. The molecule has 5 atom stereocenters. The summed E-state index contributed by atoms with van der Waals surface area (Å²) in [5.74, 6) is -0.350. The van der Waals surface area contributed by atoms with Gasteiger partial charge in [0, 0.05) is 12.0 Å². The molecule has 1 saturated heterocycles. The Bertz CT molecular complexity index is 574. The van der Waals surface area contributed by atoms with E-state index in [1.54, 1.807) is 19.1 Å². The van der Waals surface area contributed by atoms with Crippen molar-refractivity contribution in [3.63, 3.8) is 0 Å². The number of aliphatic hydroxyl groups excluding tert-OH is 3. The van der Waals surface area contributed by atoms with Crippen molar-refractivity contribution < 1.29 is 34.7 Å². The summed E-state index contributed by atoms with van der Waals surface area (Å²) in [7, 11) is 1.49. The summed E-state index contributed by atoms with van der Waals surface area (Å²) in [5.41, 5.74) is 1.45. The van der Waals surface area contributed by atoms with Gasteiger partial charge >= 0.3 is 5.97 Å². The smallest absolute Gasteiger partial charge is 0.303 e. The van der Waals surface area contributed by atoms with E-state index in [1.807, 2.05) is 6.07 Å². The van der Waals surface area contributed by atoms with Gasteiger partial charge in [0.05, 0.1) is 13.2 Å². The molecule has 1 aliphatic heterocycles. The molecule has 0 spiro atoms. The summed E-state index contributed by atoms with van der Waals surface area (Å²) in [4.78, 5) is 10.6. The second-order valence-electron chi connectivity index (χ2n) is 6.06. The SMILES string of the molecule is COc1ccc(CCCC(=O)O)cc1C1OC(C)C(O)C(O)C1O. The molecule has 2 rings (SSSR count). The molecule has 1 aromatic carbocycles. The largest absolute Gasteiger partial charge is 0.496 e. The van der Waals surface area contributed by atoms with Gasteiger partial charge in [-0.25, -0.2) is 0 Å². The van der Waals surface area contributed by atoms with Gasteiger partial charge in [0.2, 0.25) is 0 Å². The first-order chi connectivity index (χ1) is 11.3. The highest BCUT2D eigenvalue weighted by molar-refractivity contribution is 5.66. The molecule has 1 aliphatic rings. The molecule has 0 bridgehead atoms. The first-order valence-corrected chi connectivity index (χ1v) is 7.93. The molecule has 0 aliphatic carbocycles. The lowest BCUT2D eigenvalue weighted by Gasteiger charge is -2.40. The van der Waals surface area contributed by atoms with Gasteiger partial charge in [-0.2, -0.15) is 0 Å². The number of aryl methyl sites for hydroxylation is 1. The number of carboxylic acids is 1. The Morgan fingerprint density at radius 3 is 2.54 bits per heavy atom. The third-order valence-electron chi connectivity index (χ3n) is 4.31. The van der Waals surface area contributed by atoms with Crippen LogP contribution in [0.4, 0.5) is 0 Å². The van der Waals surface area contributed by atoms with Crippen molar-refractivity contribution in [1.82, 2.24) is 0 Å². The van der Waals surface area contributed by atoms with Gasteiger partial charge < -0.3 is 29.9 Å². The number of carbonyl (C=O) groups is 1. The van der Waals surface area contributed by atoms with Crippen molar-refractivity contribution in [3.05, 3.63) is 29.3 Å². The average Bonchev–Trinajstić information content (AvgIpc) is 2.56. The van der Waals surface area contributed by atoms with Crippen LogP contribution in [0, 0.1) is 0 Å². The molecule has 7 nitrogen and oxygen atoms in total. The summed E-state index contributed by atoms with van der Waals surface area (Å²) in [5, 5.41) is 38.8. The maximum absolute atomic E-state index is 10.6. The molecule has 4 N–H and O–H groups in total. The van der Waals surface area contributed by atoms with Crippen LogP contribution in [0.1, 0.15) is 37.0 Å². The zero-order chi connectivity index (χ0) is 17.9. The quantitative estimate of drug-likeness (QED) is 0.600. The molecule has 1 aromatic rings. The van der Waals surface area contributed by atoms with Crippen LogP contribution in [0.5, 0.6) is 5.75 Å². The topological polar surface area (TPSA) is 116 Å². The number of hydrogen-bond donors (Lipinski definition) is 4. The number of methoxy groups -OCH3 is 1. The van der Waals surface area contributed by atoms with E-state index >= 15 is 0 Å². The Balaban J connectivity index is 2.24. The van der Waals surface area contributed by atoms with Crippen LogP contribution in [0.15, 0.2) is 18.2 Å². The van der Waals surface area contributed by atoms with Gasteiger partial charge in [-0.15, -0.1) is 0 Å². The van der Waals surface area contributed by atoms with Crippen LogP contribution >= 0.6 is 0 Å². The minimum absolute atomic E-state index is 0.0753. The van der Waals surface area contributed by atoms with Crippen molar-refractivity contribution in [2.24, 2.45) is 0 Å². The fraction of sp³-hybridized carbons (Fsp3) is 0.588. The molecule has 0 amide bonds. The normalized spacial score (nSPS) is 30.1. The van der Waals surface area contributed by atoms with E-state index in [2.05, 4.69) is 0 Å². The second kappa shape index (κ2) is 7.94. The van der Waals surface area contributed by atoms with Crippen molar-refractivity contribution in [2.75, 3.05) is 7.11 Å². The van der Waals surface area contributed by atoms with Gasteiger partial charge in [-0.1, -0.05) is 6.07 Å². The monoisotopic (exact) mass is 340 g/mol. The highest BCUT2D eigenvalue weighted by Crippen LogP contribution is 2.37. The van der Waals surface area contributed by atoms with Gasteiger partial charge in [0.15, 0.2) is 0 Å². The Morgan fingerprint density at radius 1 is 1.21 bits per heavy atom. The van der Waals surface area contributed by atoms with E-state index in [0.717, 1.165) is 5.56 Å². The number of rotatable bonds is 6. The molecular formula is C17H24O7. The Morgan fingerprint density at radius 2 is 1.92 bits per heavy atom. The van der Waals surface area contributed by atoms with Crippen LogP contribution in [0.3, 0.4) is 0 Å². The Kier molecular flexibility index (Phi) is 6.17. The van der Waals surface area contributed by atoms with Gasteiger partial charge in [0.25, 0.3) is 0 Å². The maximum atomic E-state index is 10.6. The third-order valence-corrected chi connectivity index (χ3v) is 4.31. The van der Waals surface area contributed by atoms with E-state index in [-0.39, 0.29) is 6.42 Å². The van der Waals surface area contributed by atoms with Crippen molar-refractivity contribution in [2.45, 2.75) is 56.7 Å². The molecule has 1 heterocycles. The van der Waals surface area contributed by atoms with E-state index < -0.39 is 36.5 Å². The highest BCUT2D eigenvalue weighted by atomic mass is 16.5. The van der Waals surface area contributed by atoms with Crippen molar-refractivity contribution >= 4 is 5.97 Å². The lowest BCUT2D eigenvalue weighted by atomic mass is 9.90. The first-order valence-electron chi connectivity index (χ1n) is 7.93. The molecule has 24 heavy (non-hydrogen) atoms. The molecular weight excluding hydrogens is 316 g/mol. The van der Waals surface area contributed by atoms with Crippen LogP contribution in [0.25, 0.3) is 0 Å². The number of aliphatic hydroxyl groups is 3. The summed E-state index contributed by atoms with van der Waals surface area (Å²) in [6.07, 6.45) is -4.13. The Labute approximate surface area is 140 Å². The first kappa shape index (κ1) is 18.7. The summed E-state index contributed by atoms with van der Waals surface area (Å²) in [6, 6.07) is 5.34. The van der Waals surface area contributed by atoms with Crippen molar-refractivity contribution in [3.8, 4) is 5.75 Å². The third kappa shape index (κ3) is 4.05. The van der Waals surface area contributed by atoms with Gasteiger partial charge in [0.1, 0.15) is 30.2 Å². The fourth-order valence-electron chi connectivity index (χ4n) is 2.91. The number of hydrogen-bond acceptors (Lipinski definition) is 6. The standard InChI is InChI=1S/C17H24O7/c1-9-14(20)15(21)16(22)17(24-9)11-8-10(4-3-5-13(18)19)6-7-12(11)23-2/h6-9,14-17,20-22H,3-5H2,1-2H3,(H,18,19). The highest BCUT2D eigenvalue weighted by Gasteiger charge is 2.43. The number of aliphatic carboxylic acids is 1. The van der Waals surface area contributed by atoms with E-state index in [0.29, 0.717) is 24.2 Å². The van der Waals surface area contributed by atoms with Crippen molar-refractivity contribution in [1.29, 1.82) is 0 Å². The molecule has 134 valence electrons. The molecule has 1 fully saturated rings. The minimum atomic E-state index is -1.32. The summed E-state index contributed by atoms with van der Waals surface area (Å²) >= 11 is 0. The molecule has 0 aromatic heterocycles. The van der Waals surface area contributed by atoms with E-state index in [9.17, 15) is 20.1 Å². The number of ether oxygens (including phenoxy) is 2. The Hall–Kier alpha value is -1.67. The predicted octanol–water partition coefficient (Wildman–Crippen LogP) is 0.645. The van der Waals surface area contributed by atoms with E-state index in [4.69, 9.17) is 14.6 Å². The zero-order valence-electron chi connectivity index (χ0n) is 13.8. The number of benzene rings is 1. The lowest BCUT2D eigenvalue weighted by Crippen LogP contribution is -2.53. The van der Waals surface area contributed by atoms with Crippen LogP contribution in [-0.2, 0) is 16.0 Å². The summed E-state index contributed by atoms with van der Waals surface area (Å²) in [6.45, 7) is 1.62. The zero-order valence-corrected chi connectivity index (χ0v) is 13.8.